The zero-order chi connectivity index (χ0) is 13.8. The van der Waals surface area contributed by atoms with Gasteiger partial charge in [-0.3, -0.25) is 4.79 Å². The molecule has 1 unspecified atom stereocenters. The van der Waals surface area contributed by atoms with E-state index in [9.17, 15) is 9.90 Å². The highest BCUT2D eigenvalue weighted by Gasteiger charge is 2.23. The fourth-order valence-electron chi connectivity index (χ4n) is 1.42. The van der Waals surface area contributed by atoms with Crippen LogP contribution in [0.15, 0.2) is 24.3 Å². The summed E-state index contributed by atoms with van der Waals surface area (Å²) in [6, 6.07) is 7.00. The second-order valence-corrected chi connectivity index (χ2v) is 5.29. The Balaban J connectivity index is 2.66. The van der Waals surface area contributed by atoms with Crippen LogP contribution in [0.1, 0.15) is 31.1 Å². The fraction of sp³-hybridized carbons (Fsp3) is 0.500. The van der Waals surface area contributed by atoms with Crippen LogP contribution in [0.25, 0.3) is 0 Å². The Kier molecular flexibility index (Phi) is 4.73. The molecular formula is C14H21NO3. The molecule has 0 spiro atoms. The first-order chi connectivity index (χ1) is 8.36. The molecule has 1 rings (SSSR count). The van der Waals surface area contributed by atoms with Crippen LogP contribution in [0, 0.1) is 5.41 Å². The van der Waals surface area contributed by atoms with Crippen molar-refractivity contribution in [2.45, 2.75) is 26.9 Å². The van der Waals surface area contributed by atoms with Crippen LogP contribution >= 0.6 is 0 Å². The number of aliphatic hydroxyl groups excluding tert-OH is 1. The van der Waals surface area contributed by atoms with Gasteiger partial charge in [0.15, 0.2) is 0 Å². The fourth-order valence-corrected chi connectivity index (χ4v) is 1.42. The summed E-state index contributed by atoms with van der Waals surface area (Å²) in [6.45, 7) is 5.99. The van der Waals surface area contributed by atoms with Gasteiger partial charge in [0.05, 0.1) is 18.8 Å². The largest absolute Gasteiger partial charge is 0.496 e. The minimum atomic E-state index is -0.587. The maximum atomic E-state index is 12.0. The van der Waals surface area contributed by atoms with Crippen LogP contribution in [0.4, 0.5) is 0 Å². The predicted molar refractivity (Wildman–Crippen MR) is 70.8 cm³/mol. The van der Waals surface area contributed by atoms with E-state index in [1.807, 2.05) is 20.8 Å². The van der Waals surface area contributed by atoms with E-state index < -0.39 is 6.10 Å². The lowest BCUT2D eigenvalue weighted by Crippen LogP contribution is -2.39. The SMILES string of the molecule is COc1ccccc1C(=O)NCC(O)C(C)(C)C. The number of hydrogen-bond donors (Lipinski definition) is 2. The van der Waals surface area contributed by atoms with Gasteiger partial charge in [-0.25, -0.2) is 0 Å². The lowest BCUT2D eigenvalue weighted by Gasteiger charge is -2.26. The summed E-state index contributed by atoms with van der Waals surface area (Å²) in [6.07, 6.45) is -0.587. The van der Waals surface area contributed by atoms with Gasteiger partial charge in [0.25, 0.3) is 5.91 Å². The van der Waals surface area contributed by atoms with Gasteiger partial charge in [-0.1, -0.05) is 32.9 Å². The van der Waals surface area contributed by atoms with E-state index in [2.05, 4.69) is 5.32 Å². The van der Waals surface area contributed by atoms with Crippen molar-refractivity contribution in [2.75, 3.05) is 13.7 Å². The van der Waals surface area contributed by atoms with Crippen molar-refractivity contribution in [3.8, 4) is 5.75 Å². The summed E-state index contributed by atoms with van der Waals surface area (Å²) in [5, 5.41) is 12.6. The average Bonchev–Trinajstić information content (AvgIpc) is 2.34. The number of methoxy groups -OCH3 is 1. The summed E-state index contributed by atoms with van der Waals surface area (Å²) in [5.74, 6) is 0.288. The van der Waals surface area contributed by atoms with E-state index >= 15 is 0 Å². The van der Waals surface area contributed by atoms with Crippen LogP contribution in [-0.4, -0.2) is 30.8 Å². The molecule has 0 saturated heterocycles. The van der Waals surface area contributed by atoms with Gasteiger partial charge in [-0.05, 0) is 17.5 Å². The van der Waals surface area contributed by atoms with E-state index in [1.165, 1.54) is 7.11 Å². The van der Waals surface area contributed by atoms with Crippen molar-refractivity contribution >= 4 is 5.91 Å². The monoisotopic (exact) mass is 251 g/mol. The number of benzene rings is 1. The molecule has 0 aliphatic rings. The summed E-state index contributed by atoms with van der Waals surface area (Å²) < 4.78 is 5.12. The van der Waals surface area contributed by atoms with Crippen molar-refractivity contribution in [1.82, 2.24) is 5.32 Å². The molecule has 1 amide bonds. The molecule has 0 aliphatic heterocycles. The Labute approximate surface area is 108 Å². The lowest BCUT2D eigenvalue weighted by molar-refractivity contribution is 0.0586. The minimum absolute atomic E-state index is 0.223. The number of amides is 1. The maximum absolute atomic E-state index is 12.0. The van der Waals surface area contributed by atoms with E-state index in [0.29, 0.717) is 11.3 Å². The Morgan fingerprint density at radius 2 is 2.00 bits per heavy atom. The quantitative estimate of drug-likeness (QED) is 0.858. The number of ether oxygens (including phenoxy) is 1. The molecule has 0 aliphatic carbocycles. The van der Waals surface area contributed by atoms with E-state index in [1.54, 1.807) is 24.3 Å². The summed E-state index contributed by atoms with van der Waals surface area (Å²) in [7, 11) is 1.52. The van der Waals surface area contributed by atoms with Crippen LogP contribution < -0.4 is 10.1 Å². The van der Waals surface area contributed by atoms with E-state index in [0.717, 1.165) is 0 Å². The zero-order valence-electron chi connectivity index (χ0n) is 11.4. The Morgan fingerprint density at radius 1 is 1.39 bits per heavy atom. The molecule has 0 saturated carbocycles. The van der Waals surface area contributed by atoms with Gasteiger partial charge in [0.2, 0.25) is 0 Å². The van der Waals surface area contributed by atoms with Gasteiger partial charge < -0.3 is 15.2 Å². The third-order valence-corrected chi connectivity index (χ3v) is 2.81. The minimum Gasteiger partial charge on any atom is -0.496 e. The summed E-state index contributed by atoms with van der Waals surface area (Å²) >= 11 is 0. The third-order valence-electron chi connectivity index (χ3n) is 2.81. The maximum Gasteiger partial charge on any atom is 0.255 e. The standard InChI is InChI=1S/C14H21NO3/c1-14(2,3)12(16)9-15-13(17)10-7-5-6-8-11(10)18-4/h5-8,12,16H,9H2,1-4H3,(H,15,17). The van der Waals surface area contributed by atoms with Crippen molar-refractivity contribution in [2.24, 2.45) is 5.41 Å². The molecule has 1 aromatic carbocycles. The number of rotatable bonds is 4. The molecule has 100 valence electrons. The number of nitrogens with one attached hydrogen (secondary N) is 1. The highest BCUT2D eigenvalue weighted by atomic mass is 16.5. The first kappa shape index (κ1) is 14.5. The van der Waals surface area contributed by atoms with Gasteiger partial charge in [-0.15, -0.1) is 0 Å². The topological polar surface area (TPSA) is 58.6 Å². The van der Waals surface area contributed by atoms with Gasteiger partial charge in [0.1, 0.15) is 5.75 Å². The molecule has 0 bridgehead atoms. The molecule has 0 fully saturated rings. The van der Waals surface area contributed by atoms with Gasteiger partial charge >= 0.3 is 0 Å². The molecule has 0 aromatic heterocycles. The van der Waals surface area contributed by atoms with Gasteiger partial charge in [0, 0.05) is 6.54 Å². The number of aliphatic hydroxyl groups is 1. The highest BCUT2D eigenvalue weighted by Crippen LogP contribution is 2.19. The second-order valence-electron chi connectivity index (χ2n) is 5.29. The predicted octanol–water partition coefficient (Wildman–Crippen LogP) is 1.83. The van der Waals surface area contributed by atoms with Crippen LogP contribution in [0.3, 0.4) is 0 Å². The molecular weight excluding hydrogens is 230 g/mol. The van der Waals surface area contributed by atoms with Crippen LogP contribution in [-0.2, 0) is 0 Å². The number of carbonyl (C=O) groups is 1. The Bertz CT molecular complexity index is 410. The van der Waals surface area contributed by atoms with Crippen molar-refractivity contribution in [3.63, 3.8) is 0 Å². The molecule has 2 N–H and O–H groups in total. The average molecular weight is 251 g/mol. The molecule has 4 heteroatoms. The third kappa shape index (κ3) is 3.74. The second kappa shape index (κ2) is 5.87. The molecule has 1 aromatic rings. The Hall–Kier alpha value is -1.55. The highest BCUT2D eigenvalue weighted by molar-refractivity contribution is 5.96. The van der Waals surface area contributed by atoms with E-state index in [-0.39, 0.29) is 17.9 Å². The van der Waals surface area contributed by atoms with Crippen molar-refractivity contribution in [1.29, 1.82) is 0 Å². The number of para-hydroxylation sites is 1. The smallest absolute Gasteiger partial charge is 0.255 e. The van der Waals surface area contributed by atoms with Gasteiger partial charge in [-0.2, -0.15) is 0 Å². The van der Waals surface area contributed by atoms with Crippen LogP contribution in [0.2, 0.25) is 0 Å². The zero-order valence-corrected chi connectivity index (χ0v) is 11.4. The first-order valence-corrected chi connectivity index (χ1v) is 5.95. The number of hydrogen-bond acceptors (Lipinski definition) is 3. The van der Waals surface area contributed by atoms with E-state index in [4.69, 9.17) is 4.74 Å². The molecule has 18 heavy (non-hydrogen) atoms. The summed E-state index contributed by atoms with van der Waals surface area (Å²) in [5.41, 5.74) is 0.217. The molecule has 0 radical (unpaired) electrons. The normalized spacial score (nSPS) is 12.9. The number of carbonyl (C=O) groups excluding carboxylic acids is 1. The Morgan fingerprint density at radius 3 is 2.56 bits per heavy atom. The van der Waals surface area contributed by atoms with Crippen LogP contribution in [0.5, 0.6) is 5.75 Å². The lowest BCUT2D eigenvalue weighted by atomic mass is 9.89. The molecule has 1 atom stereocenters. The van der Waals surface area contributed by atoms with Crippen molar-refractivity contribution < 1.29 is 14.6 Å². The molecule has 0 heterocycles. The molecule has 4 nitrogen and oxygen atoms in total. The summed E-state index contributed by atoms with van der Waals surface area (Å²) in [4.78, 5) is 12.0. The van der Waals surface area contributed by atoms with Crippen molar-refractivity contribution in [3.05, 3.63) is 29.8 Å². The first-order valence-electron chi connectivity index (χ1n) is 5.95.